The van der Waals surface area contributed by atoms with Crippen LogP contribution in [0.2, 0.25) is 0 Å². The van der Waals surface area contributed by atoms with Crippen LogP contribution in [0.25, 0.3) is 0 Å². The molecule has 2 rings (SSSR count). The lowest BCUT2D eigenvalue weighted by Crippen LogP contribution is -2.46. The fourth-order valence-corrected chi connectivity index (χ4v) is 4.36. The molecule has 0 heterocycles. The fraction of sp³-hybridized carbons (Fsp3) is 1.00. The van der Waals surface area contributed by atoms with Crippen molar-refractivity contribution in [3.8, 4) is 0 Å². The summed E-state index contributed by atoms with van der Waals surface area (Å²) in [5.41, 5.74) is 0. The summed E-state index contributed by atoms with van der Waals surface area (Å²) in [5, 5.41) is 3.76. The van der Waals surface area contributed by atoms with Crippen LogP contribution in [0.3, 0.4) is 0 Å². The van der Waals surface area contributed by atoms with Crippen molar-refractivity contribution in [2.24, 2.45) is 17.8 Å². The van der Waals surface area contributed by atoms with E-state index in [1.165, 1.54) is 64.5 Å². The van der Waals surface area contributed by atoms with Crippen LogP contribution in [0.4, 0.5) is 0 Å². The zero-order valence-corrected chi connectivity index (χ0v) is 14.0. The van der Waals surface area contributed by atoms with Crippen molar-refractivity contribution < 1.29 is 0 Å². The van der Waals surface area contributed by atoms with Crippen molar-refractivity contribution >= 4 is 0 Å². The van der Waals surface area contributed by atoms with Gasteiger partial charge in [-0.1, -0.05) is 33.1 Å². The van der Waals surface area contributed by atoms with E-state index < -0.39 is 0 Å². The molecule has 3 unspecified atom stereocenters. The Labute approximate surface area is 126 Å². The zero-order valence-electron chi connectivity index (χ0n) is 14.0. The summed E-state index contributed by atoms with van der Waals surface area (Å²) in [6, 6.07) is 0.775. The van der Waals surface area contributed by atoms with Crippen molar-refractivity contribution in [1.82, 2.24) is 10.2 Å². The highest BCUT2D eigenvalue weighted by molar-refractivity contribution is 4.86. The second-order valence-electron chi connectivity index (χ2n) is 7.41. The minimum Gasteiger partial charge on any atom is -0.314 e. The smallest absolute Gasteiger partial charge is 0.0108 e. The third-order valence-electron chi connectivity index (χ3n) is 5.60. The van der Waals surface area contributed by atoms with Gasteiger partial charge < -0.3 is 10.2 Å². The van der Waals surface area contributed by atoms with Crippen molar-refractivity contribution in [2.45, 2.75) is 71.3 Å². The van der Waals surface area contributed by atoms with E-state index in [0.29, 0.717) is 0 Å². The van der Waals surface area contributed by atoms with Crippen LogP contribution >= 0.6 is 0 Å². The van der Waals surface area contributed by atoms with Crippen LogP contribution in [0.1, 0.15) is 65.2 Å². The molecule has 0 spiro atoms. The van der Waals surface area contributed by atoms with E-state index in [-0.39, 0.29) is 0 Å². The Morgan fingerprint density at radius 2 is 1.80 bits per heavy atom. The highest BCUT2D eigenvalue weighted by Gasteiger charge is 2.31. The SMILES string of the molecule is CCCC1CCC(NCC)C(CN(C)CC2CCC2)C1. The van der Waals surface area contributed by atoms with Gasteiger partial charge >= 0.3 is 0 Å². The Morgan fingerprint density at radius 1 is 1.00 bits per heavy atom. The first-order chi connectivity index (χ1) is 9.72. The van der Waals surface area contributed by atoms with Crippen LogP contribution in [0.15, 0.2) is 0 Å². The minimum absolute atomic E-state index is 0.775. The molecule has 0 aromatic heterocycles. The second kappa shape index (κ2) is 8.38. The molecule has 0 aromatic rings. The summed E-state index contributed by atoms with van der Waals surface area (Å²) in [4.78, 5) is 2.63. The first-order valence-electron chi connectivity index (χ1n) is 9.14. The minimum atomic E-state index is 0.775. The molecular formula is C18H36N2. The van der Waals surface area contributed by atoms with E-state index >= 15 is 0 Å². The summed E-state index contributed by atoms with van der Waals surface area (Å²) < 4.78 is 0. The van der Waals surface area contributed by atoms with E-state index in [1.54, 1.807) is 0 Å². The number of hydrogen-bond acceptors (Lipinski definition) is 2. The lowest BCUT2D eigenvalue weighted by atomic mass is 9.76. The van der Waals surface area contributed by atoms with Crippen LogP contribution < -0.4 is 5.32 Å². The Bertz CT molecular complexity index is 262. The molecule has 2 nitrogen and oxygen atoms in total. The van der Waals surface area contributed by atoms with Gasteiger partial charge in [0.25, 0.3) is 0 Å². The highest BCUT2D eigenvalue weighted by atomic mass is 15.1. The molecule has 1 N–H and O–H groups in total. The topological polar surface area (TPSA) is 15.3 Å². The average molecular weight is 281 g/mol. The van der Waals surface area contributed by atoms with E-state index in [4.69, 9.17) is 0 Å². The van der Waals surface area contributed by atoms with Crippen molar-refractivity contribution in [1.29, 1.82) is 0 Å². The Balaban J connectivity index is 1.81. The fourth-order valence-electron chi connectivity index (χ4n) is 4.36. The molecular weight excluding hydrogens is 244 g/mol. The molecule has 3 atom stereocenters. The van der Waals surface area contributed by atoms with Gasteiger partial charge in [-0.25, -0.2) is 0 Å². The number of hydrogen-bond donors (Lipinski definition) is 1. The van der Waals surface area contributed by atoms with E-state index in [1.807, 2.05) is 0 Å². The molecule has 0 saturated heterocycles. The average Bonchev–Trinajstić information content (AvgIpc) is 2.38. The molecule has 2 aliphatic rings. The molecule has 0 aromatic carbocycles. The largest absolute Gasteiger partial charge is 0.314 e. The molecule has 2 saturated carbocycles. The van der Waals surface area contributed by atoms with Crippen molar-refractivity contribution in [3.05, 3.63) is 0 Å². The highest BCUT2D eigenvalue weighted by Crippen LogP contribution is 2.33. The maximum Gasteiger partial charge on any atom is 0.0108 e. The molecule has 0 amide bonds. The first kappa shape index (κ1) is 16.3. The van der Waals surface area contributed by atoms with Crippen molar-refractivity contribution in [3.63, 3.8) is 0 Å². The van der Waals surface area contributed by atoms with Gasteiger partial charge in [0.15, 0.2) is 0 Å². The summed E-state index contributed by atoms with van der Waals surface area (Å²) >= 11 is 0. The molecule has 2 heteroatoms. The van der Waals surface area contributed by atoms with Crippen LogP contribution in [-0.4, -0.2) is 37.6 Å². The van der Waals surface area contributed by atoms with Crippen LogP contribution in [-0.2, 0) is 0 Å². The zero-order chi connectivity index (χ0) is 14.4. The second-order valence-corrected chi connectivity index (χ2v) is 7.41. The molecule has 0 bridgehead atoms. The molecule has 118 valence electrons. The van der Waals surface area contributed by atoms with E-state index in [2.05, 4.69) is 31.1 Å². The summed E-state index contributed by atoms with van der Waals surface area (Å²) in [5.74, 6) is 2.88. The monoisotopic (exact) mass is 280 g/mol. The van der Waals surface area contributed by atoms with Gasteiger partial charge in [-0.15, -0.1) is 0 Å². The van der Waals surface area contributed by atoms with Gasteiger partial charge in [0, 0.05) is 19.1 Å². The van der Waals surface area contributed by atoms with Gasteiger partial charge in [0.05, 0.1) is 0 Å². The molecule has 20 heavy (non-hydrogen) atoms. The van der Waals surface area contributed by atoms with Crippen LogP contribution in [0, 0.1) is 17.8 Å². The van der Waals surface area contributed by atoms with Gasteiger partial charge in [-0.3, -0.25) is 0 Å². The van der Waals surface area contributed by atoms with Gasteiger partial charge in [0.2, 0.25) is 0 Å². The predicted molar refractivity (Wildman–Crippen MR) is 88.0 cm³/mol. The normalized spacial score (nSPS) is 31.5. The summed E-state index contributed by atoms with van der Waals surface area (Å²) in [7, 11) is 2.35. The summed E-state index contributed by atoms with van der Waals surface area (Å²) in [6.07, 6.45) is 11.5. The molecule has 2 fully saturated rings. The number of nitrogens with zero attached hydrogens (tertiary/aromatic N) is 1. The molecule has 2 aliphatic carbocycles. The quantitative estimate of drug-likeness (QED) is 0.725. The maximum absolute atomic E-state index is 3.76. The van der Waals surface area contributed by atoms with Gasteiger partial charge in [-0.05, 0) is 63.5 Å². The lowest BCUT2D eigenvalue weighted by Gasteiger charge is -2.40. The number of nitrogens with one attached hydrogen (secondary N) is 1. The van der Waals surface area contributed by atoms with Crippen molar-refractivity contribution in [2.75, 3.05) is 26.7 Å². The van der Waals surface area contributed by atoms with Gasteiger partial charge in [0.1, 0.15) is 0 Å². The maximum atomic E-state index is 3.76. The third-order valence-corrected chi connectivity index (χ3v) is 5.60. The van der Waals surface area contributed by atoms with Gasteiger partial charge in [-0.2, -0.15) is 0 Å². The third kappa shape index (κ3) is 4.73. The Kier molecular flexibility index (Phi) is 6.83. The Hall–Kier alpha value is -0.0800. The summed E-state index contributed by atoms with van der Waals surface area (Å²) in [6.45, 7) is 8.38. The molecule has 0 aliphatic heterocycles. The number of rotatable bonds is 8. The standard InChI is InChI=1S/C18H36N2/c1-4-7-15-10-11-18(19-5-2)17(12-15)14-20(3)13-16-8-6-9-16/h15-19H,4-14H2,1-3H3. The Morgan fingerprint density at radius 3 is 2.40 bits per heavy atom. The van der Waals surface area contributed by atoms with Crippen LogP contribution in [0.5, 0.6) is 0 Å². The lowest BCUT2D eigenvalue weighted by molar-refractivity contribution is 0.127. The van der Waals surface area contributed by atoms with E-state index in [9.17, 15) is 0 Å². The van der Waals surface area contributed by atoms with E-state index in [0.717, 1.165) is 30.3 Å². The predicted octanol–water partition coefficient (Wildman–Crippen LogP) is 3.91. The molecule has 0 radical (unpaired) electrons. The first-order valence-corrected chi connectivity index (χ1v) is 9.14.